The van der Waals surface area contributed by atoms with Crippen LogP contribution in [0.15, 0.2) is 91.0 Å². The molecule has 4 aromatic carbocycles. The molecule has 0 aliphatic heterocycles. The molecule has 46 heavy (non-hydrogen) atoms. The van der Waals surface area contributed by atoms with Gasteiger partial charge in [0.25, 0.3) is 0 Å². The van der Waals surface area contributed by atoms with Crippen LogP contribution in [0, 0.1) is 11.6 Å². The van der Waals surface area contributed by atoms with Crippen LogP contribution >= 0.6 is 15.2 Å². The van der Waals surface area contributed by atoms with Gasteiger partial charge in [-0.2, -0.15) is 8.78 Å². The predicted molar refractivity (Wildman–Crippen MR) is 153 cm³/mol. The molecular formula is C29H23F6N3O6P2. The molecule has 1 heterocycles. The average Bonchev–Trinajstić information content (AvgIpc) is 3.48. The van der Waals surface area contributed by atoms with Crippen molar-refractivity contribution in [1.82, 2.24) is 15.0 Å². The van der Waals surface area contributed by atoms with Crippen molar-refractivity contribution in [2.24, 2.45) is 0 Å². The molecule has 1 N–H and O–H groups in total. The minimum atomic E-state index is -5.24. The summed E-state index contributed by atoms with van der Waals surface area (Å²) in [4.78, 5) is 9.43. The van der Waals surface area contributed by atoms with Crippen LogP contribution in [0.2, 0.25) is 0 Å². The molecule has 0 saturated carbocycles. The lowest BCUT2D eigenvalue weighted by molar-refractivity contribution is -0.0881. The fourth-order valence-corrected chi connectivity index (χ4v) is 6.37. The van der Waals surface area contributed by atoms with E-state index in [4.69, 9.17) is 0 Å². The van der Waals surface area contributed by atoms with Crippen LogP contribution in [0.3, 0.4) is 0 Å². The van der Waals surface area contributed by atoms with Gasteiger partial charge in [0.2, 0.25) is 0 Å². The minimum Gasteiger partial charge on any atom is -0.421 e. The van der Waals surface area contributed by atoms with E-state index in [-0.39, 0.29) is 29.7 Å². The zero-order chi connectivity index (χ0) is 33.1. The summed E-state index contributed by atoms with van der Waals surface area (Å²) in [5.74, 6) is -2.56. The SMILES string of the molecule is O=P(Cc1ccc(CC(Cc2ccc(OP(=O)(O)C(F)F)cc2)(c2ccc(F)c(F)c2)n2nnc3ccccc32)cc1)(OF)OF. The minimum absolute atomic E-state index is 0.000322. The summed E-state index contributed by atoms with van der Waals surface area (Å²) in [6, 6.07) is 21.5. The second-order valence-electron chi connectivity index (χ2n) is 10.3. The van der Waals surface area contributed by atoms with Crippen LogP contribution < -0.4 is 4.52 Å². The summed E-state index contributed by atoms with van der Waals surface area (Å²) in [6.45, 7) is 0. The van der Waals surface area contributed by atoms with Crippen molar-refractivity contribution in [1.29, 1.82) is 0 Å². The Balaban J connectivity index is 1.64. The van der Waals surface area contributed by atoms with E-state index < -0.39 is 44.7 Å². The molecule has 0 amide bonds. The van der Waals surface area contributed by atoms with Crippen molar-refractivity contribution in [2.45, 2.75) is 30.7 Å². The number of para-hydroxylation sites is 1. The maximum Gasteiger partial charge on any atom is 0.442 e. The number of halogens is 6. The van der Waals surface area contributed by atoms with Crippen LogP contribution in [-0.4, -0.2) is 26.1 Å². The van der Waals surface area contributed by atoms with Gasteiger partial charge in [0.05, 0.1) is 17.2 Å². The molecule has 0 bridgehead atoms. The Morgan fingerprint density at radius 2 is 1.39 bits per heavy atom. The second-order valence-corrected chi connectivity index (χ2v) is 13.8. The van der Waals surface area contributed by atoms with Crippen LogP contribution in [0.25, 0.3) is 11.0 Å². The lowest BCUT2D eigenvalue weighted by atomic mass is 9.78. The topological polar surface area (TPSA) is 113 Å². The average molecular weight is 685 g/mol. The number of benzene rings is 4. The van der Waals surface area contributed by atoms with Gasteiger partial charge >= 0.3 is 21.4 Å². The first-order chi connectivity index (χ1) is 21.9. The first-order valence-electron chi connectivity index (χ1n) is 13.3. The third kappa shape index (κ3) is 7.03. The summed E-state index contributed by atoms with van der Waals surface area (Å²) in [6.07, 6.45) is -4.32. The predicted octanol–water partition coefficient (Wildman–Crippen LogP) is 8.22. The van der Waals surface area contributed by atoms with Crippen molar-refractivity contribution < 1.29 is 54.6 Å². The molecule has 0 aliphatic carbocycles. The normalized spacial score (nSPS) is 14.7. The molecule has 0 radical (unpaired) electrons. The Bertz CT molecular complexity index is 1860. The van der Waals surface area contributed by atoms with E-state index in [1.807, 2.05) is 0 Å². The van der Waals surface area contributed by atoms with Gasteiger partial charge in [0.15, 0.2) is 11.6 Å². The molecule has 2 unspecified atom stereocenters. The van der Waals surface area contributed by atoms with Gasteiger partial charge in [-0.3, -0.25) is 4.57 Å². The fraction of sp³-hybridized carbons (Fsp3) is 0.172. The monoisotopic (exact) mass is 685 g/mol. The summed E-state index contributed by atoms with van der Waals surface area (Å²) in [5, 5.41) is 8.62. The van der Waals surface area contributed by atoms with Crippen molar-refractivity contribution in [2.75, 3.05) is 0 Å². The van der Waals surface area contributed by atoms with E-state index >= 15 is 0 Å². The zero-order valence-corrected chi connectivity index (χ0v) is 25.1. The number of nitrogens with zero attached hydrogens (tertiary/aromatic N) is 3. The highest BCUT2D eigenvalue weighted by atomic mass is 31.2. The molecule has 0 fully saturated rings. The summed E-state index contributed by atoms with van der Waals surface area (Å²) >= 11 is 0. The highest BCUT2D eigenvalue weighted by Crippen LogP contribution is 2.52. The fourth-order valence-electron chi connectivity index (χ4n) is 5.09. The molecule has 0 spiro atoms. The Morgan fingerprint density at radius 1 is 0.804 bits per heavy atom. The smallest absolute Gasteiger partial charge is 0.421 e. The van der Waals surface area contributed by atoms with Crippen molar-refractivity contribution in [3.05, 3.63) is 125 Å². The maximum absolute atomic E-state index is 14.8. The molecule has 242 valence electrons. The Kier molecular flexibility index (Phi) is 9.71. The highest BCUT2D eigenvalue weighted by molar-refractivity contribution is 7.53. The lowest BCUT2D eigenvalue weighted by Crippen LogP contribution is -2.41. The van der Waals surface area contributed by atoms with Crippen molar-refractivity contribution >= 4 is 26.2 Å². The van der Waals surface area contributed by atoms with E-state index in [1.54, 1.807) is 36.4 Å². The number of hydrogen-bond donors (Lipinski definition) is 1. The molecule has 9 nitrogen and oxygen atoms in total. The number of fused-ring (bicyclic) bond motifs is 1. The Morgan fingerprint density at radius 3 is 1.98 bits per heavy atom. The first-order valence-corrected chi connectivity index (χ1v) is 16.7. The number of aromatic nitrogens is 3. The third-order valence-corrected chi connectivity index (χ3v) is 9.36. The molecular weight excluding hydrogens is 662 g/mol. The molecule has 5 rings (SSSR count). The number of rotatable bonds is 13. The van der Waals surface area contributed by atoms with Gasteiger partial charge in [-0.05, 0) is 67.7 Å². The summed E-state index contributed by atoms with van der Waals surface area (Å²) in [7, 11) is -9.91. The largest absolute Gasteiger partial charge is 0.442 e. The van der Waals surface area contributed by atoms with Crippen LogP contribution in [0.1, 0.15) is 22.3 Å². The Hall–Kier alpha value is -4.00. The number of hydrogen-bond acceptors (Lipinski definition) is 7. The van der Waals surface area contributed by atoms with Gasteiger partial charge in [-0.15, -0.1) is 14.6 Å². The second kappa shape index (κ2) is 13.4. The van der Waals surface area contributed by atoms with E-state index in [0.717, 1.165) is 12.1 Å². The van der Waals surface area contributed by atoms with E-state index in [1.165, 1.54) is 47.1 Å². The van der Waals surface area contributed by atoms with Crippen LogP contribution in [0.5, 0.6) is 5.75 Å². The number of alkyl halides is 2. The zero-order valence-electron chi connectivity index (χ0n) is 23.4. The van der Waals surface area contributed by atoms with Gasteiger partial charge < -0.3 is 9.42 Å². The van der Waals surface area contributed by atoms with Gasteiger partial charge in [-0.1, -0.05) is 59.8 Å². The summed E-state index contributed by atoms with van der Waals surface area (Å²) < 4.78 is 116. The third-order valence-electron chi connectivity index (χ3n) is 7.22. The molecule has 1 aromatic heterocycles. The van der Waals surface area contributed by atoms with Crippen LogP contribution in [0.4, 0.5) is 26.6 Å². The van der Waals surface area contributed by atoms with Crippen LogP contribution in [-0.2, 0) is 43.1 Å². The lowest BCUT2D eigenvalue weighted by Gasteiger charge is -2.36. The van der Waals surface area contributed by atoms with Gasteiger partial charge in [-0.25, -0.2) is 18.0 Å². The molecule has 2 atom stereocenters. The van der Waals surface area contributed by atoms with E-state index in [9.17, 15) is 40.6 Å². The maximum atomic E-state index is 14.8. The Labute approximate surface area is 257 Å². The molecule has 0 saturated heterocycles. The van der Waals surface area contributed by atoms with Crippen molar-refractivity contribution in [3.8, 4) is 5.75 Å². The quantitative estimate of drug-likeness (QED) is 0.0975. The molecule has 17 heteroatoms. The van der Waals surface area contributed by atoms with E-state index in [0.29, 0.717) is 22.2 Å². The molecule has 0 aliphatic rings. The van der Waals surface area contributed by atoms with Crippen molar-refractivity contribution in [3.63, 3.8) is 0 Å². The van der Waals surface area contributed by atoms with Gasteiger partial charge in [0, 0.05) is 12.8 Å². The standard InChI is InChI=1S/C29H23F6N3O6P2/c30-24-14-11-22(15-25(24)31)29(38-27-4-2-1-3-26(27)36-37-38,16-19-5-7-21(8-6-19)18-45(39,43-34)44-35)17-20-9-12-23(13-10-20)42-46(40,41)28(32)33/h1-15,28H,16-18H2,(H,40,41). The first kappa shape index (κ1) is 33.4. The molecule has 5 aromatic rings. The highest BCUT2D eigenvalue weighted by Gasteiger charge is 2.39. The van der Waals surface area contributed by atoms with E-state index in [2.05, 4.69) is 24.3 Å². The summed E-state index contributed by atoms with van der Waals surface area (Å²) in [5.41, 5.74) is 1.14. The van der Waals surface area contributed by atoms with Gasteiger partial charge in [0.1, 0.15) is 11.3 Å².